The molecule has 2 amide bonds. The summed E-state index contributed by atoms with van der Waals surface area (Å²) in [6.45, 7) is 21.6. The normalized spacial score (nSPS) is 15.6. The average molecular weight is 1200 g/mol. The van der Waals surface area contributed by atoms with E-state index < -0.39 is 59.1 Å². The standard InChI is InChI=1S/C30H39NO6S2.C28H37NO6S.C7H14O/c1-19(26(32)36-29(2,3)4)17-38-39-18-25(27(33)37-30(5,6)7)31-28(34)35-16-24-22-14-10-8-12-20(22)21-13-9-11-15-23(21)24;1-28(2,3)35-26(32)25(18-36-17-19(31)10-8-9-15-30)29-27(33)34-16-24-22-13-6-4-11-20(22)21-12-5-7-14-23(21)24;1-2-3-4-5-7-6-8-7/h8-15,19,24-25H,16-18H2,1-7H3,(H,31,34);4-7,11-14,19,24-25,30-31H,8-10,15-18H2,1-3H3,(H,29,33);7H,2-6H2,1H3/t19-,25-;19-,25+;7-/m011/s1. The number of carbonyl (C=O) groups excluding carboxylic acids is 5. The van der Waals surface area contributed by atoms with Crippen molar-refractivity contribution in [1.82, 2.24) is 10.6 Å². The highest BCUT2D eigenvalue weighted by Crippen LogP contribution is 2.46. The largest absolute Gasteiger partial charge is 0.460 e. The number of thioether (sulfide) groups is 1. The fourth-order valence-electron chi connectivity index (χ4n) is 9.14. The third kappa shape index (κ3) is 24.0. The summed E-state index contributed by atoms with van der Waals surface area (Å²) in [5.74, 6) is -0.395. The predicted molar refractivity (Wildman–Crippen MR) is 334 cm³/mol. The molecule has 0 unspecified atom stereocenters. The minimum atomic E-state index is -0.908. The molecule has 0 saturated carbocycles. The van der Waals surface area contributed by atoms with Crippen LogP contribution in [0.4, 0.5) is 9.59 Å². The Morgan fingerprint density at radius 1 is 0.566 bits per heavy atom. The van der Waals surface area contributed by atoms with Gasteiger partial charge in [-0.05, 0) is 133 Å². The SMILES string of the molecule is CC(C)(C)OC(=O)[C@H](CSC[C@H](O)CCCCO)NC(=O)OCC1c2ccccc2-c2ccccc21.CCCCC[C@@H]1CO1.C[C@@H](CSSC[C@H](NC(=O)OCC1c2ccccc2-c2ccccc21)C(=O)OC(C)(C)C)C(=O)OC(C)(C)C. The van der Waals surface area contributed by atoms with E-state index in [4.69, 9.17) is 33.5 Å². The number of epoxide rings is 1. The van der Waals surface area contributed by atoms with E-state index in [0.29, 0.717) is 30.5 Å². The van der Waals surface area contributed by atoms with Crippen LogP contribution in [0.2, 0.25) is 0 Å². The van der Waals surface area contributed by atoms with Crippen LogP contribution in [0.15, 0.2) is 97.1 Å². The smallest absolute Gasteiger partial charge is 0.407 e. The number of ether oxygens (including phenoxy) is 6. The average Bonchev–Trinajstić information content (AvgIpc) is 3.16. The van der Waals surface area contributed by atoms with Crippen LogP contribution >= 0.6 is 33.3 Å². The number of alkyl carbamates (subject to hydrolysis) is 2. The van der Waals surface area contributed by atoms with Gasteiger partial charge >= 0.3 is 30.1 Å². The molecule has 1 heterocycles. The molecule has 4 N–H and O–H groups in total. The lowest BCUT2D eigenvalue weighted by Crippen LogP contribution is -2.46. The maximum Gasteiger partial charge on any atom is 0.407 e. The first-order valence-corrected chi connectivity index (χ1v) is 32.7. The van der Waals surface area contributed by atoms with Crippen LogP contribution in [0.25, 0.3) is 22.3 Å². The highest BCUT2D eigenvalue weighted by molar-refractivity contribution is 8.76. The van der Waals surface area contributed by atoms with E-state index in [-0.39, 0.29) is 55.0 Å². The number of aliphatic hydroxyl groups is 2. The monoisotopic (exact) mass is 1200 g/mol. The molecule has 7 rings (SSSR count). The summed E-state index contributed by atoms with van der Waals surface area (Å²) in [5, 5.41) is 24.4. The van der Waals surface area contributed by atoms with Crippen LogP contribution in [0.3, 0.4) is 0 Å². The summed E-state index contributed by atoms with van der Waals surface area (Å²) in [6.07, 6.45) is 6.05. The van der Waals surface area contributed by atoms with Crippen molar-refractivity contribution >= 4 is 63.4 Å². The van der Waals surface area contributed by atoms with Gasteiger partial charge < -0.3 is 49.3 Å². The van der Waals surface area contributed by atoms with Gasteiger partial charge in [-0.25, -0.2) is 19.2 Å². The number of benzene rings is 4. The van der Waals surface area contributed by atoms with Crippen molar-refractivity contribution in [2.45, 2.75) is 174 Å². The predicted octanol–water partition coefficient (Wildman–Crippen LogP) is 13.1. The van der Waals surface area contributed by atoms with E-state index >= 15 is 0 Å². The Bertz CT molecular complexity index is 2610. The zero-order valence-electron chi connectivity index (χ0n) is 50.5. The van der Waals surface area contributed by atoms with Crippen molar-refractivity contribution in [3.8, 4) is 22.3 Å². The Morgan fingerprint density at radius 2 is 0.964 bits per heavy atom. The van der Waals surface area contributed by atoms with E-state index in [2.05, 4.69) is 54.0 Å². The fourth-order valence-corrected chi connectivity index (χ4v) is 12.7. The Hall–Kier alpha value is -5.24. The number of hydrogen-bond donors (Lipinski definition) is 4. The molecule has 1 aliphatic heterocycles. The Kier molecular flexibility index (Phi) is 27.6. The number of fused-ring (bicyclic) bond motifs is 6. The molecule has 0 spiro atoms. The van der Waals surface area contributed by atoms with Crippen LogP contribution in [0.1, 0.15) is 155 Å². The van der Waals surface area contributed by atoms with E-state index in [1.807, 2.05) is 88.4 Å². The van der Waals surface area contributed by atoms with Crippen molar-refractivity contribution in [2.75, 3.05) is 49.4 Å². The summed E-state index contributed by atoms with van der Waals surface area (Å²) in [7, 11) is 2.82. The van der Waals surface area contributed by atoms with Crippen LogP contribution in [-0.2, 0) is 42.8 Å². The number of nitrogens with one attached hydrogen (secondary N) is 2. The number of unbranched alkanes of at least 4 members (excludes halogenated alkanes) is 3. The van der Waals surface area contributed by atoms with Crippen molar-refractivity contribution < 1.29 is 62.6 Å². The van der Waals surface area contributed by atoms with Crippen molar-refractivity contribution in [3.05, 3.63) is 119 Å². The lowest BCUT2D eigenvalue weighted by Gasteiger charge is -2.25. The van der Waals surface area contributed by atoms with Gasteiger partial charge in [0, 0.05) is 41.5 Å². The lowest BCUT2D eigenvalue weighted by molar-refractivity contribution is -0.159. The minimum Gasteiger partial charge on any atom is -0.460 e. The Balaban J connectivity index is 0.000000268. The zero-order chi connectivity index (χ0) is 60.7. The molecule has 0 bridgehead atoms. The second kappa shape index (κ2) is 33.5. The fraction of sp³-hybridized carbons (Fsp3) is 0.554. The summed E-state index contributed by atoms with van der Waals surface area (Å²) < 4.78 is 32.8. The minimum absolute atomic E-state index is 0.0773. The maximum absolute atomic E-state index is 12.9. The van der Waals surface area contributed by atoms with Crippen LogP contribution in [-0.4, -0.2) is 131 Å². The molecule has 18 heteroatoms. The van der Waals surface area contributed by atoms with Gasteiger partial charge in [0.25, 0.3) is 0 Å². The van der Waals surface area contributed by atoms with Gasteiger partial charge in [-0.3, -0.25) is 4.79 Å². The number of amides is 2. The van der Waals surface area contributed by atoms with Crippen LogP contribution in [0.5, 0.6) is 0 Å². The Morgan fingerprint density at radius 3 is 1.36 bits per heavy atom. The molecule has 5 atom stereocenters. The first-order chi connectivity index (χ1) is 39.4. The number of hydrogen-bond acceptors (Lipinski definition) is 16. The molecule has 1 saturated heterocycles. The quantitative estimate of drug-likeness (QED) is 0.0152. The maximum atomic E-state index is 12.9. The van der Waals surface area contributed by atoms with Gasteiger partial charge in [-0.2, -0.15) is 11.8 Å². The highest BCUT2D eigenvalue weighted by Gasteiger charge is 2.34. The van der Waals surface area contributed by atoms with Crippen LogP contribution in [0, 0.1) is 5.92 Å². The zero-order valence-corrected chi connectivity index (χ0v) is 52.9. The van der Waals surface area contributed by atoms with Crippen molar-refractivity contribution in [1.29, 1.82) is 0 Å². The molecule has 1 fully saturated rings. The first kappa shape index (κ1) is 68.5. The van der Waals surface area contributed by atoms with E-state index in [1.165, 1.54) is 59.0 Å². The summed E-state index contributed by atoms with van der Waals surface area (Å²) in [5.41, 5.74) is 7.06. The van der Waals surface area contributed by atoms with Gasteiger partial charge in [0.05, 0.1) is 24.7 Å². The van der Waals surface area contributed by atoms with Gasteiger partial charge in [-0.15, -0.1) is 0 Å². The summed E-state index contributed by atoms with van der Waals surface area (Å²) >= 11 is 1.36. The van der Waals surface area contributed by atoms with Crippen LogP contribution < -0.4 is 10.6 Å². The van der Waals surface area contributed by atoms with Crippen molar-refractivity contribution in [2.24, 2.45) is 5.92 Å². The van der Waals surface area contributed by atoms with Gasteiger partial charge in [0.15, 0.2) is 0 Å². The third-order valence-corrected chi connectivity index (χ3v) is 16.9. The second-order valence-corrected chi connectivity index (χ2v) is 27.6. The number of esters is 3. The molecule has 456 valence electrons. The molecule has 4 aromatic rings. The second-order valence-electron chi connectivity index (χ2n) is 24.0. The third-order valence-electron chi connectivity index (χ3n) is 13.2. The Labute approximate surface area is 505 Å². The molecule has 4 aromatic carbocycles. The molecule has 15 nitrogen and oxygen atoms in total. The van der Waals surface area contributed by atoms with Gasteiger partial charge in [-0.1, -0.05) is 152 Å². The van der Waals surface area contributed by atoms with E-state index in [9.17, 15) is 29.1 Å². The summed E-state index contributed by atoms with van der Waals surface area (Å²) in [6, 6.07) is 30.6. The lowest BCUT2D eigenvalue weighted by atomic mass is 9.98. The van der Waals surface area contributed by atoms with Gasteiger partial charge in [0.2, 0.25) is 0 Å². The molecule has 2 aliphatic carbocycles. The number of carbonyl (C=O) groups is 5. The molecular formula is C65H90N2O13S3. The topological polar surface area (TPSA) is 209 Å². The first-order valence-electron chi connectivity index (χ1n) is 29.0. The van der Waals surface area contributed by atoms with Crippen molar-refractivity contribution in [3.63, 3.8) is 0 Å². The molecular weight excluding hydrogens is 1110 g/mol. The highest BCUT2D eigenvalue weighted by atomic mass is 33.1. The van der Waals surface area contributed by atoms with Gasteiger partial charge in [0.1, 0.15) is 42.1 Å². The molecule has 3 aliphatic rings. The molecule has 83 heavy (non-hydrogen) atoms. The number of rotatable bonds is 26. The summed E-state index contributed by atoms with van der Waals surface area (Å²) in [4.78, 5) is 63.5. The number of aliphatic hydroxyl groups excluding tert-OH is 2. The molecule has 0 aromatic heterocycles. The van der Waals surface area contributed by atoms with E-state index in [1.54, 1.807) is 41.5 Å². The molecule has 0 radical (unpaired) electrons. The van der Waals surface area contributed by atoms with E-state index in [0.717, 1.165) is 57.5 Å².